The van der Waals surface area contributed by atoms with Gasteiger partial charge < -0.3 is 0 Å². The molecule has 0 atom stereocenters. The quantitative estimate of drug-likeness (QED) is 0.302. The SMILES string of the molecule is CC(C)(C)C1=CC=C(c2c3cc(C(C)(C)C)sc3c(C3=CC=C(C(C)(C)C)C3)c3cc(C(C)(C)C)sc23)C1. The molecule has 0 unspecified atom stereocenters. The van der Waals surface area contributed by atoms with Crippen molar-refractivity contribution in [3.05, 3.63) is 68.5 Å². The third kappa shape index (κ3) is 4.81. The van der Waals surface area contributed by atoms with Crippen LogP contribution in [-0.2, 0) is 10.8 Å². The molecule has 2 aromatic heterocycles. The van der Waals surface area contributed by atoms with E-state index in [1.807, 2.05) is 22.7 Å². The minimum atomic E-state index is 0.125. The lowest BCUT2D eigenvalue weighted by Gasteiger charge is -2.22. The summed E-state index contributed by atoms with van der Waals surface area (Å²) >= 11 is 4.07. The van der Waals surface area contributed by atoms with Crippen LogP contribution in [0.4, 0.5) is 0 Å². The Bertz CT molecular complexity index is 1390. The molecule has 0 aliphatic heterocycles. The van der Waals surface area contributed by atoms with Gasteiger partial charge in [0.25, 0.3) is 0 Å². The van der Waals surface area contributed by atoms with Crippen molar-refractivity contribution < 1.29 is 0 Å². The van der Waals surface area contributed by atoms with Crippen LogP contribution in [0.3, 0.4) is 0 Å². The van der Waals surface area contributed by atoms with Crippen LogP contribution in [-0.4, -0.2) is 0 Å². The van der Waals surface area contributed by atoms with Crippen molar-refractivity contribution in [1.82, 2.24) is 0 Å². The Kier molecular flexibility index (Phi) is 6.41. The summed E-state index contributed by atoms with van der Waals surface area (Å²) in [5.41, 5.74) is 9.67. The van der Waals surface area contributed by atoms with E-state index in [0.717, 1.165) is 12.8 Å². The topological polar surface area (TPSA) is 0 Å². The van der Waals surface area contributed by atoms with Gasteiger partial charge in [0.1, 0.15) is 0 Å². The second-order valence-electron chi connectivity index (χ2n) is 15.6. The zero-order valence-electron chi connectivity index (χ0n) is 25.7. The summed E-state index contributed by atoms with van der Waals surface area (Å²) in [6.45, 7) is 28.3. The van der Waals surface area contributed by atoms with Crippen LogP contribution in [0.5, 0.6) is 0 Å². The first-order valence-corrected chi connectivity index (χ1v) is 15.8. The van der Waals surface area contributed by atoms with E-state index < -0.39 is 0 Å². The molecular formula is C36H46S2. The van der Waals surface area contributed by atoms with E-state index in [1.54, 1.807) is 0 Å². The molecule has 2 heterocycles. The maximum atomic E-state index is 2.54. The summed E-state index contributed by atoms with van der Waals surface area (Å²) in [4.78, 5) is 2.96. The maximum Gasteiger partial charge on any atom is 0.0434 e. The highest BCUT2D eigenvalue weighted by Gasteiger charge is 2.31. The Morgan fingerprint density at radius 3 is 1.08 bits per heavy atom. The molecule has 0 nitrogen and oxygen atoms in total. The summed E-state index contributed by atoms with van der Waals surface area (Å²) in [5.74, 6) is 0. The Labute approximate surface area is 239 Å². The van der Waals surface area contributed by atoms with E-state index in [2.05, 4.69) is 120 Å². The molecule has 0 radical (unpaired) electrons. The van der Waals surface area contributed by atoms with Crippen molar-refractivity contribution in [1.29, 1.82) is 0 Å². The van der Waals surface area contributed by atoms with Crippen molar-refractivity contribution in [3.63, 3.8) is 0 Å². The van der Waals surface area contributed by atoms with Gasteiger partial charge in [0, 0.05) is 41.1 Å². The van der Waals surface area contributed by atoms with Gasteiger partial charge in [-0.05, 0) is 57.8 Å². The smallest absolute Gasteiger partial charge is 0.0434 e. The van der Waals surface area contributed by atoms with Crippen molar-refractivity contribution in [2.45, 2.75) is 107 Å². The van der Waals surface area contributed by atoms with Gasteiger partial charge in [-0.2, -0.15) is 0 Å². The minimum absolute atomic E-state index is 0.125. The third-order valence-corrected chi connectivity index (χ3v) is 11.4. The number of hydrogen-bond donors (Lipinski definition) is 0. The van der Waals surface area contributed by atoms with Gasteiger partial charge in [-0.25, -0.2) is 0 Å². The van der Waals surface area contributed by atoms with Crippen LogP contribution in [0, 0.1) is 10.8 Å². The van der Waals surface area contributed by atoms with E-state index in [1.165, 1.54) is 63.3 Å². The lowest BCUT2D eigenvalue weighted by Crippen LogP contribution is -2.08. The molecular weight excluding hydrogens is 497 g/mol. The largest absolute Gasteiger partial charge is 0.139 e. The van der Waals surface area contributed by atoms with E-state index >= 15 is 0 Å². The van der Waals surface area contributed by atoms with Crippen molar-refractivity contribution in [3.8, 4) is 0 Å². The number of benzene rings is 1. The Morgan fingerprint density at radius 1 is 0.474 bits per heavy atom. The van der Waals surface area contributed by atoms with E-state index in [-0.39, 0.29) is 21.7 Å². The van der Waals surface area contributed by atoms with E-state index in [0.29, 0.717) is 0 Å². The molecule has 2 heteroatoms. The molecule has 3 aromatic rings. The second kappa shape index (κ2) is 8.80. The average molecular weight is 543 g/mol. The summed E-state index contributed by atoms with van der Waals surface area (Å²) in [6, 6.07) is 5.08. The van der Waals surface area contributed by atoms with Crippen LogP contribution < -0.4 is 0 Å². The van der Waals surface area contributed by atoms with E-state index in [4.69, 9.17) is 0 Å². The van der Waals surface area contributed by atoms with Gasteiger partial charge in [-0.3, -0.25) is 0 Å². The number of fused-ring (bicyclic) bond motifs is 2. The Morgan fingerprint density at radius 2 is 0.816 bits per heavy atom. The van der Waals surface area contributed by atoms with Crippen LogP contribution in [0.2, 0.25) is 0 Å². The zero-order valence-corrected chi connectivity index (χ0v) is 27.3. The van der Waals surface area contributed by atoms with Crippen LogP contribution in [0.1, 0.15) is 117 Å². The van der Waals surface area contributed by atoms with Crippen LogP contribution in [0.25, 0.3) is 31.3 Å². The summed E-state index contributed by atoms with van der Waals surface area (Å²) in [6.07, 6.45) is 11.7. The normalized spacial score (nSPS) is 17.4. The maximum absolute atomic E-state index is 2.54. The predicted octanol–water partition coefficient (Wildman–Crippen LogP) is 12.2. The Balaban J connectivity index is 1.82. The zero-order chi connectivity index (χ0) is 28.0. The van der Waals surface area contributed by atoms with Gasteiger partial charge >= 0.3 is 0 Å². The molecule has 0 bridgehead atoms. The van der Waals surface area contributed by atoms with Gasteiger partial charge in [0.2, 0.25) is 0 Å². The van der Waals surface area contributed by atoms with Gasteiger partial charge in [-0.15, -0.1) is 22.7 Å². The number of thiophene rings is 2. The number of allylic oxidation sites excluding steroid dienone is 8. The predicted molar refractivity (Wildman–Crippen MR) is 175 cm³/mol. The molecule has 1 aromatic carbocycles. The standard InChI is InChI=1S/C36H46S2/c1-33(2,3)23-15-13-21(17-23)29-25-19-27(35(7,8)9)38-32(25)30(22-14-16-24(18-22)34(4,5)6)26-20-28(36(10,11)12)37-31(26)29/h13-16,19-20H,17-18H2,1-12H3. The minimum Gasteiger partial charge on any atom is -0.139 e. The molecule has 2 aliphatic rings. The summed E-state index contributed by atoms with van der Waals surface area (Å²) < 4.78 is 2.96. The first-order valence-electron chi connectivity index (χ1n) is 14.2. The van der Waals surface area contributed by atoms with Crippen LogP contribution in [0.15, 0.2) is 47.6 Å². The first-order chi connectivity index (χ1) is 17.4. The van der Waals surface area contributed by atoms with Crippen molar-refractivity contribution in [2.75, 3.05) is 0 Å². The van der Waals surface area contributed by atoms with Gasteiger partial charge in [0.15, 0.2) is 0 Å². The lowest BCUT2D eigenvalue weighted by molar-refractivity contribution is 0.497. The van der Waals surface area contributed by atoms with Gasteiger partial charge in [0.05, 0.1) is 0 Å². The summed E-state index contributed by atoms with van der Waals surface area (Å²) in [5, 5.41) is 2.93. The molecule has 5 rings (SSSR count). The fourth-order valence-corrected chi connectivity index (χ4v) is 8.20. The molecule has 0 saturated heterocycles. The third-order valence-electron chi connectivity index (χ3n) is 8.24. The highest BCUT2D eigenvalue weighted by molar-refractivity contribution is 7.21. The lowest BCUT2D eigenvalue weighted by atomic mass is 9.82. The molecule has 38 heavy (non-hydrogen) atoms. The molecule has 0 spiro atoms. The second-order valence-corrected chi connectivity index (χ2v) is 17.7. The molecule has 2 aliphatic carbocycles. The van der Waals surface area contributed by atoms with Gasteiger partial charge in [-0.1, -0.05) is 119 Å². The van der Waals surface area contributed by atoms with Crippen molar-refractivity contribution >= 4 is 54.0 Å². The molecule has 0 fully saturated rings. The van der Waals surface area contributed by atoms with E-state index in [9.17, 15) is 0 Å². The Hall–Kier alpha value is -1.90. The fourth-order valence-electron chi connectivity index (χ4n) is 5.57. The molecule has 0 amide bonds. The highest BCUT2D eigenvalue weighted by atomic mass is 32.1. The monoisotopic (exact) mass is 542 g/mol. The van der Waals surface area contributed by atoms with Crippen LogP contribution >= 0.6 is 22.7 Å². The van der Waals surface area contributed by atoms with Crippen molar-refractivity contribution in [2.24, 2.45) is 10.8 Å². The average Bonchev–Trinajstić information content (AvgIpc) is 3.54. The molecule has 202 valence electrons. The number of rotatable bonds is 2. The first kappa shape index (κ1) is 27.7. The molecule has 0 saturated carbocycles. The highest BCUT2D eigenvalue weighted by Crippen LogP contribution is 2.53. The summed E-state index contributed by atoms with van der Waals surface area (Å²) in [7, 11) is 0. The molecule has 0 N–H and O–H groups in total. The number of hydrogen-bond acceptors (Lipinski definition) is 2. The fraction of sp³-hybridized carbons (Fsp3) is 0.500.